The van der Waals surface area contributed by atoms with E-state index in [4.69, 9.17) is 5.73 Å². The number of nitrogens with zero attached hydrogens (tertiary/aromatic N) is 3. The number of aromatic hydroxyl groups is 1. The molecular weight excluding hydrogens is 528 g/mol. The molecule has 4 aliphatic rings. The van der Waals surface area contributed by atoms with Crippen LogP contribution >= 0.6 is 0 Å². The number of aliphatic hydroxyl groups is 1. The predicted octanol–water partition coefficient (Wildman–Crippen LogP) is 4.00. The van der Waals surface area contributed by atoms with Crippen LogP contribution in [0.2, 0.25) is 0 Å². The monoisotopic (exact) mass is 566 g/mol. The average molecular weight is 567 g/mol. The van der Waals surface area contributed by atoms with Crippen LogP contribution in [0, 0.1) is 0 Å². The lowest BCUT2D eigenvalue weighted by atomic mass is 9.53. The Bertz CT molecular complexity index is 1560. The molecule has 3 heterocycles. The number of aliphatic hydroxyl groups excluding tert-OH is 1. The van der Waals surface area contributed by atoms with Crippen molar-refractivity contribution in [2.24, 2.45) is 0 Å². The van der Waals surface area contributed by atoms with Crippen LogP contribution in [0.5, 0.6) is 5.75 Å². The lowest BCUT2D eigenvalue weighted by molar-refractivity contribution is -0.0496. The number of phenols is 1. The molecule has 2 bridgehead atoms. The number of nitrogen functional groups attached to an aromatic ring is 1. The Morgan fingerprint density at radius 1 is 1.05 bits per heavy atom. The highest BCUT2D eigenvalue weighted by molar-refractivity contribution is 5.75. The number of nitrogens with two attached hydrogens (primary N) is 1. The molecule has 2 aromatic heterocycles. The van der Waals surface area contributed by atoms with Gasteiger partial charge in [-0.3, -0.25) is 10.1 Å². The first kappa shape index (κ1) is 26.8. The molecule has 0 amide bonds. The molecule has 3 fully saturated rings. The van der Waals surface area contributed by atoms with E-state index in [2.05, 4.69) is 62.2 Å². The second-order valence-corrected chi connectivity index (χ2v) is 12.2. The number of benzene rings is 2. The molecule has 10 heteroatoms. The summed E-state index contributed by atoms with van der Waals surface area (Å²) in [5, 5.41) is 29.9. The molecule has 218 valence electrons. The highest BCUT2D eigenvalue weighted by Gasteiger charge is 2.54. The van der Waals surface area contributed by atoms with Gasteiger partial charge in [-0.2, -0.15) is 5.10 Å². The van der Waals surface area contributed by atoms with Gasteiger partial charge in [0.15, 0.2) is 5.82 Å². The van der Waals surface area contributed by atoms with Gasteiger partial charge in [-0.15, -0.1) is 5.53 Å². The fraction of sp³-hybridized carbons (Fsp3) is 0.375. The zero-order valence-electron chi connectivity index (χ0n) is 23.6. The van der Waals surface area contributed by atoms with Crippen molar-refractivity contribution in [3.63, 3.8) is 0 Å². The quantitative estimate of drug-likeness (QED) is 0.160. The lowest BCUT2D eigenvalue weighted by Crippen LogP contribution is -2.62. The summed E-state index contributed by atoms with van der Waals surface area (Å²) in [5.74, 6) is 1.37. The van der Waals surface area contributed by atoms with Gasteiger partial charge in [-0.1, -0.05) is 42.5 Å². The smallest absolute Gasteiger partial charge is 0.169 e. The van der Waals surface area contributed by atoms with Gasteiger partial charge in [-0.05, 0) is 85.5 Å². The Balaban J connectivity index is 1.11. The summed E-state index contributed by atoms with van der Waals surface area (Å²) in [5.41, 5.74) is 20.5. The predicted molar refractivity (Wildman–Crippen MR) is 163 cm³/mol. The van der Waals surface area contributed by atoms with Crippen molar-refractivity contribution in [1.82, 2.24) is 25.6 Å². The number of hydrogen-bond acceptors (Lipinski definition) is 9. The van der Waals surface area contributed by atoms with E-state index in [0.717, 1.165) is 67.4 Å². The zero-order chi connectivity index (χ0) is 28.7. The minimum Gasteiger partial charge on any atom is -0.508 e. The van der Waals surface area contributed by atoms with E-state index in [1.165, 1.54) is 5.56 Å². The number of anilines is 3. The summed E-state index contributed by atoms with van der Waals surface area (Å²) in [6.45, 7) is 1.34. The zero-order valence-corrected chi connectivity index (χ0v) is 23.6. The molecule has 0 saturated heterocycles. The summed E-state index contributed by atoms with van der Waals surface area (Å²) in [7, 11) is 0. The number of aromatic nitrogens is 3. The van der Waals surface area contributed by atoms with Crippen LogP contribution in [0.4, 0.5) is 17.3 Å². The van der Waals surface area contributed by atoms with Gasteiger partial charge in [0.05, 0.1) is 24.5 Å². The standard InChI is InChI=1S/C32H38N8O2/c33-28-16-26(29-30(36-28)38-39-37-29)25(22-18-35-40(20-22)19-21-5-4-8-24(41)15-21)9-14-34-31-10-12-32(13-11-31,27(42)17-31)23-6-2-1-3-7-23/h1-8,15-16,18,20,25,27,34,37,39,41-42H,9-14,17,19H2,(H3,33,36,38)/t25?,27-,31?,32?/m1/s1. The topological polar surface area (TPSA) is 145 Å². The van der Waals surface area contributed by atoms with Crippen LogP contribution in [0.25, 0.3) is 0 Å². The van der Waals surface area contributed by atoms with Gasteiger partial charge in [-0.25, -0.2) is 4.98 Å². The Labute approximate surface area is 245 Å². The molecule has 2 aromatic carbocycles. The fourth-order valence-electron chi connectivity index (χ4n) is 7.48. The molecule has 4 aromatic rings. The summed E-state index contributed by atoms with van der Waals surface area (Å²) in [6.07, 6.45) is 9.31. The highest BCUT2D eigenvalue weighted by atomic mass is 16.3. The number of hydrogen-bond donors (Lipinski definition) is 7. The second kappa shape index (κ2) is 10.6. The number of phenolic OH excluding ortho intramolecular Hbond substituents is 1. The molecular formula is C32H38N8O2. The highest BCUT2D eigenvalue weighted by Crippen LogP contribution is 2.53. The Morgan fingerprint density at radius 3 is 2.67 bits per heavy atom. The maximum Gasteiger partial charge on any atom is 0.169 e. The number of nitrogens with one attached hydrogen (secondary N) is 4. The third-order valence-corrected chi connectivity index (χ3v) is 9.73. The number of rotatable bonds is 9. The third kappa shape index (κ3) is 4.85. The molecule has 1 unspecified atom stereocenters. The SMILES string of the molecule is Nc1cc(C(CCNC23CCC(c4ccccc4)(CC2)[C@H](O)C3)c2cnn(Cc3cccc(O)c3)c2)c2c(n1)NNN2. The average Bonchev–Trinajstić information content (AvgIpc) is 3.66. The summed E-state index contributed by atoms with van der Waals surface area (Å²) in [6, 6.07) is 19.8. The molecule has 0 radical (unpaired) electrons. The maximum atomic E-state index is 11.4. The lowest BCUT2D eigenvalue weighted by Gasteiger charge is -2.57. The van der Waals surface area contributed by atoms with Crippen molar-refractivity contribution in [1.29, 1.82) is 0 Å². The van der Waals surface area contributed by atoms with Crippen molar-refractivity contribution in [3.8, 4) is 5.75 Å². The summed E-state index contributed by atoms with van der Waals surface area (Å²) >= 11 is 0. The second-order valence-electron chi connectivity index (χ2n) is 12.2. The van der Waals surface area contributed by atoms with Crippen molar-refractivity contribution >= 4 is 17.3 Å². The van der Waals surface area contributed by atoms with Gasteiger partial charge in [0.25, 0.3) is 0 Å². The van der Waals surface area contributed by atoms with Crippen molar-refractivity contribution in [3.05, 3.63) is 95.3 Å². The van der Waals surface area contributed by atoms with E-state index in [1.54, 1.807) is 12.1 Å². The van der Waals surface area contributed by atoms with Crippen LogP contribution in [0.15, 0.2) is 73.1 Å². The third-order valence-electron chi connectivity index (χ3n) is 9.73. The fourth-order valence-corrected chi connectivity index (χ4v) is 7.48. The van der Waals surface area contributed by atoms with Gasteiger partial charge in [0.1, 0.15) is 11.6 Å². The van der Waals surface area contributed by atoms with E-state index >= 15 is 0 Å². The molecule has 0 spiro atoms. The van der Waals surface area contributed by atoms with Crippen molar-refractivity contribution < 1.29 is 10.2 Å². The first-order valence-electron chi connectivity index (χ1n) is 14.8. The van der Waals surface area contributed by atoms with Crippen molar-refractivity contribution in [2.45, 2.75) is 68.0 Å². The Hall–Kier alpha value is -4.12. The molecule has 3 saturated carbocycles. The van der Waals surface area contributed by atoms with E-state index in [0.29, 0.717) is 18.2 Å². The summed E-state index contributed by atoms with van der Waals surface area (Å²) in [4.78, 5) is 4.44. The van der Waals surface area contributed by atoms with Gasteiger partial charge in [0.2, 0.25) is 0 Å². The molecule has 2 atom stereocenters. The van der Waals surface area contributed by atoms with Crippen LogP contribution in [0.1, 0.15) is 66.7 Å². The van der Waals surface area contributed by atoms with E-state index < -0.39 is 0 Å². The van der Waals surface area contributed by atoms with E-state index in [9.17, 15) is 10.2 Å². The minimum atomic E-state index is -0.356. The van der Waals surface area contributed by atoms with Crippen LogP contribution in [-0.4, -0.2) is 43.2 Å². The maximum absolute atomic E-state index is 11.4. The Kier molecular flexibility index (Phi) is 6.76. The number of hydrazine groups is 2. The molecule has 1 aliphatic heterocycles. The molecule has 3 aliphatic carbocycles. The number of pyridine rings is 1. The van der Waals surface area contributed by atoms with Gasteiger partial charge < -0.3 is 26.7 Å². The van der Waals surface area contributed by atoms with Crippen LogP contribution in [-0.2, 0) is 12.0 Å². The normalized spacial score (nSPS) is 25.0. The number of fused-ring (bicyclic) bond motifs is 4. The molecule has 42 heavy (non-hydrogen) atoms. The summed E-state index contributed by atoms with van der Waals surface area (Å²) < 4.78 is 1.90. The van der Waals surface area contributed by atoms with Crippen LogP contribution in [0.3, 0.4) is 0 Å². The first-order valence-corrected chi connectivity index (χ1v) is 14.8. The van der Waals surface area contributed by atoms with Gasteiger partial charge in [0, 0.05) is 23.1 Å². The van der Waals surface area contributed by atoms with E-state index in [1.807, 2.05) is 35.1 Å². The molecule has 8 rings (SSSR count). The molecule has 8 N–H and O–H groups in total. The minimum absolute atomic E-state index is 0.000546. The van der Waals surface area contributed by atoms with Crippen LogP contribution < -0.4 is 27.4 Å². The molecule has 10 nitrogen and oxygen atoms in total. The largest absolute Gasteiger partial charge is 0.508 e. The van der Waals surface area contributed by atoms with Crippen molar-refractivity contribution in [2.75, 3.05) is 23.1 Å². The van der Waals surface area contributed by atoms with Gasteiger partial charge >= 0.3 is 0 Å². The Morgan fingerprint density at radius 2 is 1.88 bits per heavy atom. The first-order chi connectivity index (χ1) is 20.4. The van der Waals surface area contributed by atoms with E-state index in [-0.39, 0.29) is 28.7 Å².